The van der Waals surface area contributed by atoms with E-state index >= 15 is 0 Å². The lowest BCUT2D eigenvalue weighted by atomic mass is 9.55. The van der Waals surface area contributed by atoms with Gasteiger partial charge in [-0.05, 0) is 49.4 Å². The van der Waals surface area contributed by atoms with E-state index < -0.39 is 28.5 Å². The summed E-state index contributed by atoms with van der Waals surface area (Å²) in [5.41, 5.74) is -1.64. The van der Waals surface area contributed by atoms with Gasteiger partial charge in [-0.1, -0.05) is 44.9 Å². The van der Waals surface area contributed by atoms with Crippen LogP contribution in [0.1, 0.15) is 47.0 Å². The number of nitrogens with zero attached hydrogens (tertiary/aromatic N) is 1. The van der Waals surface area contributed by atoms with Crippen molar-refractivity contribution in [3.8, 4) is 0 Å². The minimum absolute atomic E-state index is 0.0371. The number of hydrogen-bond donors (Lipinski definition) is 1. The normalized spacial score (nSPS) is 48.2. The smallest absolute Gasteiger partial charge is 0.315 e. The third kappa shape index (κ3) is 2.66. The van der Waals surface area contributed by atoms with Crippen molar-refractivity contribution < 1.29 is 24.2 Å². The van der Waals surface area contributed by atoms with Gasteiger partial charge < -0.3 is 19.4 Å². The first kappa shape index (κ1) is 23.3. The number of allylic oxidation sites excluding steroid dienone is 1. The number of carboxylic acids is 1. The van der Waals surface area contributed by atoms with Gasteiger partial charge in [-0.15, -0.1) is 6.58 Å². The van der Waals surface area contributed by atoms with Crippen LogP contribution in [0, 0.1) is 45.8 Å². The molecule has 5 aliphatic rings. The zero-order valence-electron chi connectivity index (χ0n) is 20.5. The van der Waals surface area contributed by atoms with Crippen molar-refractivity contribution in [3.05, 3.63) is 24.3 Å². The number of hydrogen-bond acceptors (Lipinski definition) is 5. The highest BCUT2D eigenvalue weighted by atomic mass is 16.7. The second-order valence-corrected chi connectivity index (χ2v) is 11.7. The first-order chi connectivity index (χ1) is 15.7. The molecular weight excluding hydrogens is 418 g/mol. The summed E-state index contributed by atoms with van der Waals surface area (Å²) < 4.78 is 12.7. The van der Waals surface area contributed by atoms with E-state index in [-0.39, 0.29) is 29.8 Å². The first-order valence-electron chi connectivity index (χ1n) is 12.7. The average Bonchev–Trinajstić information content (AvgIpc) is 3.42. The second kappa shape index (κ2) is 7.76. The van der Waals surface area contributed by atoms with Crippen LogP contribution < -0.4 is 0 Å². The van der Waals surface area contributed by atoms with Crippen molar-refractivity contribution in [2.45, 2.75) is 59.4 Å². The lowest BCUT2D eigenvalue weighted by Crippen LogP contribution is -2.55. The van der Waals surface area contributed by atoms with E-state index in [2.05, 4.69) is 38.3 Å². The molecule has 4 bridgehead atoms. The van der Waals surface area contributed by atoms with Crippen LogP contribution in [0.2, 0.25) is 0 Å². The van der Waals surface area contributed by atoms with Crippen molar-refractivity contribution in [2.75, 3.05) is 26.2 Å². The Bertz CT molecular complexity index is 884. The largest absolute Gasteiger partial charge is 0.481 e. The Balaban J connectivity index is 1.56. The molecule has 1 N–H and O–H groups in total. The van der Waals surface area contributed by atoms with Crippen molar-refractivity contribution in [1.82, 2.24) is 4.90 Å². The molecule has 1 saturated heterocycles. The minimum atomic E-state index is -1.17. The van der Waals surface area contributed by atoms with Crippen molar-refractivity contribution in [1.29, 1.82) is 0 Å². The predicted octanol–water partition coefficient (Wildman–Crippen LogP) is 3.77. The first-order valence-corrected chi connectivity index (χ1v) is 12.7. The maximum absolute atomic E-state index is 13.4. The van der Waals surface area contributed by atoms with Gasteiger partial charge in [-0.2, -0.15) is 0 Å². The quantitative estimate of drug-likeness (QED) is 0.442. The van der Waals surface area contributed by atoms with Crippen molar-refractivity contribution in [2.24, 2.45) is 45.8 Å². The molecule has 6 nitrogen and oxygen atoms in total. The number of fused-ring (bicyclic) bond motifs is 2. The van der Waals surface area contributed by atoms with Gasteiger partial charge in [0.25, 0.3) is 0 Å². The van der Waals surface area contributed by atoms with Gasteiger partial charge in [-0.3, -0.25) is 9.69 Å². The van der Waals surface area contributed by atoms with Crippen LogP contribution >= 0.6 is 0 Å². The van der Waals surface area contributed by atoms with Gasteiger partial charge >= 0.3 is 5.97 Å². The Kier molecular flexibility index (Phi) is 5.46. The van der Waals surface area contributed by atoms with Crippen LogP contribution in [0.15, 0.2) is 24.3 Å². The summed E-state index contributed by atoms with van der Waals surface area (Å²) in [6, 6.07) is 0. The van der Waals surface area contributed by atoms with Gasteiger partial charge in [0.1, 0.15) is 11.7 Å². The molecule has 4 fully saturated rings. The van der Waals surface area contributed by atoms with Crippen LogP contribution in [0.25, 0.3) is 0 Å². The lowest BCUT2D eigenvalue weighted by molar-refractivity contribution is -0.228. The molecule has 182 valence electrons. The summed E-state index contributed by atoms with van der Waals surface area (Å²) in [7, 11) is 0. The van der Waals surface area contributed by atoms with E-state index in [4.69, 9.17) is 9.47 Å². The van der Waals surface area contributed by atoms with E-state index in [1.165, 1.54) is 0 Å². The van der Waals surface area contributed by atoms with Crippen LogP contribution in [0.4, 0.5) is 0 Å². The van der Waals surface area contributed by atoms with E-state index in [0.29, 0.717) is 25.5 Å². The lowest BCUT2D eigenvalue weighted by Gasteiger charge is -2.47. The third-order valence-electron chi connectivity index (χ3n) is 10.0. The molecule has 3 saturated carbocycles. The summed E-state index contributed by atoms with van der Waals surface area (Å²) in [4.78, 5) is 28.6. The molecule has 0 unspecified atom stereocenters. The number of carboxylic acid groups (broad SMARTS) is 1. The summed E-state index contributed by atoms with van der Waals surface area (Å²) in [5, 5.41) is 11.0. The average molecular weight is 458 g/mol. The summed E-state index contributed by atoms with van der Waals surface area (Å²) in [5.74, 6) is -0.0185. The van der Waals surface area contributed by atoms with Gasteiger partial charge in [-0.25, -0.2) is 0 Å². The molecule has 33 heavy (non-hydrogen) atoms. The third-order valence-corrected chi connectivity index (χ3v) is 10.0. The van der Waals surface area contributed by atoms with E-state index in [9.17, 15) is 14.7 Å². The van der Waals surface area contributed by atoms with Crippen molar-refractivity contribution in [3.63, 3.8) is 0 Å². The molecule has 1 aliphatic heterocycles. The maximum Gasteiger partial charge on any atom is 0.315 e. The Morgan fingerprint density at radius 3 is 2.76 bits per heavy atom. The van der Waals surface area contributed by atoms with E-state index in [0.717, 1.165) is 37.8 Å². The van der Waals surface area contributed by atoms with Crippen LogP contribution in [0.5, 0.6) is 0 Å². The number of ether oxygens (including phenoxy) is 2. The standard InChI is InChI=1S/C27H39NO5/c1-6-9-28-12-18(5)33-22(13-28)32-15-26-19-10-21(16(2)3)27(26,24(30)31)25(11-19,14-29)20-8-7-17(4)23(20)26/h6,10,14,16-20,22-23H,1,7-9,11-13,15H2,2-5H3,(H,30,31)/t17-,18-,19+,20-,22-,23-,25-,26+,27+/m1/s1. The van der Waals surface area contributed by atoms with Crippen LogP contribution in [-0.2, 0) is 19.1 Å². The molecule has 6 heteroatoms. The topological polar surface area (TPSA) is 76.1 Å². The Morgan fingerprint density at radius 1 is 1.36 bits per heavy atom. The highest BCUT2D eigenvalue weighted by Crippen LogP contribution is 2.87. The maximum atomic E-state index is 13.4. The molecule has 0 aromatic heterocycles. The number of morpholine rings is 1. The number of carbonyl (C=O) groups is 2. The predicted molar refractivity (Wildman–Crippen MR) is 124 cm³/mol. The number of rotatable bonds is 8. The Labute approximate surface area is 197 Å². The fourth-order valence-electron chi connectivity index (χ4n) is 9.40. The molecule has 0 amide bonds. The Morgan fingerprint density at radius 2 is 2.12 bits per heavy atom. The molecule has 5 rings (SSSR count). The summed E-state index contributed by atoms with van der Waals surface area (Å²) in [6.07, 6.45) is 7.43. The molecule has 0 spiro atoms. The monoisotopic (exact) mass is 457 g/mol. The fourth-order valence-corrected chi connectivity index (χ4v) is 9.40. The number of aldehydes is 1. The highest BCUT2D eigenvalue weighted by molar-refractivity contribution is 5.91. The summed E-state index contributed by atoms with van der Waals surface area (Å²) in [6.45, 7) is 14.9. The van der Waals surface area contributed by atoms with E-state index in [1.807, 2.05) is 13.0 Å². The second-order valence-electron chi connectivity index (χ2n) is 11.7. The molecule has 4 aliphatic carbocycles. The van der Waals surface area contributed by atoms with Gasteiger partial charge in [0.15, 0.2) is 6.29 Å². The van der Waals surface area contributed by atoms with E-state index in [1.54, 1.807) is 0 Å². The highest BCUT2D eigenvalue weighted by Gasteiger charge is 2.89. The molecule has 1 heterocycles. The fraction of sp³-hybridized carbons (Fsp3) is 0.778. The summed E-state index contributed by atoms with van der Waals surface area (Å²) >= 11 is 0. The molecular formula is C27H39NO5. The minimum Gasteiger partial charge on any atom is -0.481 e. The van der Waals surface area contributed by atoms with Crippen LogP contribution in [0.3, 0.4) is 0 Å². The zero-order chi connectivity index (χ0) is 23.8. The zero-order valence-corrected chi connectivity index (χ0v) is 20.5. The SMILES string of the molecule is C=CCN1C[C@H](OC[C@@]23[C@@H]4[C@H](C)CC[C@H]4[C@]4(C=O)C[C@@H]2C=C(C(C)C)[C@@]34C(=O)O)O[C@H](C)C1. The van der Waals surface area contributed by atoms with Gasteiger partial charge in [0, 0.05) is 25.0 Å². The molecule has 0 aromatic carbocycles. The number of aliphatic carboxylic acids is 1. The van der Waals surface area contributed by atoms with Crippen LogP contribution in [-0.4, -0.2) is 60.9 Å². The van der Waals surface area contributed by atoms with Gasteiger partial charge in [0.2, 0.25) is 0 Å². The Hall–Kier alpha value is -1.50. The number of carbonyl (C=O) groups excluding carboxylic acids is 1. The molecule has 0 aromatic rings. The molecule has 9 atom stereocenters. The molecule has 0 radical (unpaired) electrons. The van der Waals surface area contributed by atoms with Gasteiger partial charge in [0.05, 0.1) is 18.1 Å². The van der Waals surface area contributed by atoms with Crippen molar-refractivity contribution >= 4 is 12.3 Å².